The Hall–Kier alpha value is -1.60. The molecule has 1 rings (SSSR count). The first-order valence-corrected chi connectivity index (χ1v) is 8.37. The van der Waals surface area contributed by atoms with E-state index < -0.39 is 16.2 Å². The second-order valence-electron chi connectivity index (χ2n) is 4.86. The minimum Gasteiger partial charge on any atom is -0.478 e. The SMILES string of the molecule is CCCN(CCC)S(=O)(=O)Nc1ccc(C)cc1C(=O)O. The van der Waals surface area contributed by atoms with Gasteiger partial charge in [0.15, 0.2) is 0 Å². The van der Waals surface area contributed by atoms with E-state index >= 15 is 0 Å². The lowest BCUT2D eigenvalue weighted by Crippen LogP contribution is -2.37. The zero-order valence-electron chi connectivity index (χ0n) is 12.6. The third-order valence-corrected chi connectivity index (χ3v) is 4.45. The number of aryl methyl sites for hydroxylation is 1. The summed E-state index contributed by atoms with van der Waals surface area (Å²) < 4.78 is 28.4. The highest BCUT2D eigenvalue weighted by Crippen LogP contribution is 2.20. The Morgan fingerprint density at radius 3 is 2.29 bits per heavy atom. The maximum Gasteiger partial charge on any atom is 0.337 e. The van der Waals surface area contributed by atoms with E-state index in [1.807, 2.05) is 13.8 Å². The number of anilines is 1. The van der Waals surface area contributed by atoms with Crippen LogP contribution in [0.1, 0.15) is 42.6 Å². The van der Waals surface area contributed by atoms with Crippen molar-refractivity contribution in [2.75, 3.05) is 17.8 Å². The van der Waals surface area contributed by atoms with Crippen LogP contribution in [0.3, 0.4) is 0 Å². The predicted octanol–water partition coefficient (Wildman–Crippen LogP) is 2.47. The number of carboxylic acids is 1. The van der Waals surface area contributed by atoms with Gasteiger partial charge in [-0.05, 0) is 31.9 Å². The van der Waals surface area contributed by atoms with Crippen molar-refractivity contribution in [1.29, 1.82) is 0 Å². The Morgan fingerprint density at radius 2 is 1.81 bits per heavy atom. The van der Waals surface area contributed by atoms with Gasteiger partial charge in [-0.25, -0.2) is 4.79 Å². The van der Waals surface area contributed by atoms with Crippen molar-refractivity contribution >= 4 is 21.9 Å². The molecule has 0 aliphatic rings. The second-order valence-corrected chi connectivity index (χ2v) is 6.53. The summed E-state index contributed by atoms with van der Waals surface area (Å²) in [5.74, 6) is -1.16. The van der Waals surface area contributed by atoms with Crippen LogP contribution in [0.4, 0.5) is 5.69 Å². The van der Waals surface area contributed by atoms with Crippen LogP contribution in [-0.2, 0) is 10.2 Å². The van der Waals surface area contributed by atoms with E-state index in [-0.39, 0.29) is 11.3 Å². The molecule has 21 heavy (non-hydrogen) atoms. The molecule has 0 unspecified atom stereocenters. The van der Waals surface area contributed by atoms with Gasteiger partial charge in [-0.1, -0.05) is 25.5 Å². The van der Waals surface area contributed by atoms with Gasteiger partial charge in [0.2, 0.25) is 0 Å². The van der Waals surface area contributed by atoms with Crippen LogP contribution in [0.25, 0.3) is 0 Å². The van der Waals surface area contributed by atoms with Gasteiger partial charge in [0, 0.05) is 13.1 Å². The van der Waals surface area contributed by atoms with Crippen molar-refractivity contribution in [2.45, 2.75) is 33.6 Å². The molecule has 0 atom stereocenters. The zero-order valence-corrected chi connectivity index (χ0v) is 13.4. The average molecular weight is 314 g/mol. The smallest absolute Gasteiger partial charge is 0.337 e. The molecule has 0 fully saturated rings. The molecule has 0 saturated carbocycles. The van der Waals surface area contributed by atoms with Gasteiger partial charge in [-0.15, -0.1) is 0 Å². The Morgan fingerprint density at radius 1 is 1.24 bits per heavy atom. The molecular formula is C14H22N2O4S. The van der Waals surface area contributed by atoms with E-state index in [4.69, 9.17) is 0 Å². The third kappa shape index (κ3) is 4.71. The molecule has 0 amide bonds. The topological polar surface area (TPSA) is 86.7 Å². The highest BCUT2D eigenvalue weighted by Gasteiger charge is 2.22. The van der Waals surface area contributed by atoms with Crippen molar-refractivity contribution in [2.24, 2.45) is 0 Å². The molecule has 7 heteroatoms. The van der Waals surface area contributed by atoms with Crippen LogP contribution in [0, 0.1) is 6.92 Å². The van der Waals surface area contributed by atoms with E-state index in [1.165, 1.54) is 16.4 Å². The molecule has 0 radical (unpaired) electrons. The maximum absolute atomic E-state index is 12.4. The van der Waals surface area contributed by atoms with Crippen molar-refractivity contribution in [3.63, 3.8) is 0 Å². The summed E-state index contributed by atoms with van der Waals surface area (Å²) in [4.78, 5) is 11.2. The van der Waals surface area contributed by atoms with Crippen molar-refractivity contribution < 1.29 is 18.3 Å². The number of hydrogen-bond acceptors (Lipinski definition) is 3. The van der Waals surface area contributed by atoms with Gasteiger partial charge in [-0.2, -0.15) is 12.7 Å². The van der Waals surface area contributed by atoms with Gasteiger partial charge < -0.3 is 5.11 Å². The normalized spacial score (nSPS) is 11.6. The summed E-state index contributed by atoms with van der Waals surface area (Å²) in [6.45, 7) is 6.35. The molecule has 118 valence electrons. The number of carboxylic acid groups (broad SMARTS) is 1. The molecule has 1 aromatic rings. The molecule has 0 aliphatic heterocycles. The summed E-state index contributed by atoms with van der Waals surface area (Å²) in [5.41, 5.74) is 0.797. The fourth-order valence-electron chi connectivity index (χ4n) is 1.98. The first-order chi connectivity index (χ1) is 9.81. The van der Waals surface area contributed by atoms with Crippen LogP contribution in [0.2, 0.25) is 0 Å². The molecule has 0 bridgehead atoms. The van der Waals surface area contributed by atoms with Crippen molar-refractivity contribution in [3.8, 4) is 0 Å². The van der Waals surface area contributed by atoms with Crippen LogP contribution >= 0.6 is 0 Å². The molecular weight excluding hydrogens is 292 g/mol. The van der Waals surface area contributed by atoms with Crippen molar-refractivity contribution in [3.05, 3.63) is 29.3 Å². The molecule has 0 spiro atoms. The molecule has 6 nitrogen and oxygen atoms in total. The summed E-state index contributed by atoms with van der Waals surface area (Å²) >= 11 is 0. The predicted molar refractivity (Wildman–Crippen MR) is 82.8 cm³/mol. The highest BCUT2D eigenvalue weighted by molar-refractivity contribution is 7.90. The van der Waals surface area contributed by atoms with Crippen LogP contribution in [-0.4, -0.2) is 36.9 Å². The molecule has 0 aromatic heterocycles. The number of nitrogens with one attached hydrogen (secondary N) is 1. The maximum atomic E-state index is 12.4. The third-order valence-electron chi connectivity index (χ3n) is 2.93. The van der Waals surface area contributed by atoms with Gasteiger partial charge >= 0.3 is 16.2 Å². The van der Waals surface area contributed by atoms with E-state index in [0.717, 1.165) is 5.56 Å². The van der Waals surface area contributed by atoms with E-state index in [1.54, 1.807) is 13.0 Å². The first-order valence-electron chi connectivity index (χ1n) is 6.93. The van der Waals surface area contributed by atoms with Crippen molar-refractivity contribution in [1.82, 2.24) is 4.31 Å². The van der Waals surface area contributed by atoms with Crippen LogP contribution in [0.5, 0.6) is 0 Å². The molecule has 2 N–H and O–H groups in total. The monoisotopic (exact) mass is 314 g/mol. The summed E-state index contributed by atoms with van der Waals surface area (Å²) in [6.07, 6.45) is 1.39. The largest absolute Gasteiger partial charge is 0.478 e. The Kier molecular flexibility index (Phi) is 6.17. The van der Waals surface area contributed by atoms with E-state index in [9.17, 15) is 18.3 Å². The van der Waals surface area contributed by atoms with Crippen LogP contribution < -0.4 is 4.72 Å². The lowest BCUT2D eigenvalue weighted by Gasteiger charge is -2.22. The van der Waals surface area contributed by atoms with Gasteiger partial charge in [0.25, 0.3) is 0 Å². The average Bonchev–Trinajstić information content (AvgIpc) is 2.40. The number of rotatable bonds is 8. The van der Waals surface area contributed by atoms with E-state index in [0.29, 0.717) is 25.9 Å². The van der Waals surface area contributed by atoms with Gasteiger partial charge in [0.1, 0.15) is 0 Å². The summed E-state index contributed by atoms with van der Waals surface area (Å²) in [7, 11) is -3.75. The lowest BCUT2D eigenvalue weighted by atomic mass is 10.1. The molecule has 1 aromatic carbocycles. The minimum absolute atomic E-state index is 0.0495. The number of benzene rings is 1. The standard InChI is InChI=1S/C14H22N2O4S/c1-4-8-16(9-5-2)21(19,20)15-13-7-6-11(3)10-12(13)14(17)18/h6-7,10,15H,4-5,8-9H2,1-3H3,(H,17,18). The number of hydrogen-bond donors (Lipinski definition) is 2. The van der Waals surface area contributed by atoms with Gasteiger partial charge in [0.05, 0.1) is 11.3 Å². The van der Waals surface area contributed by atoms with E-state index in [2.05, 4.69) is 4.72 Å². The quantitative estimate of drug-likeness (QED) is 0.771. The summed E-state index contributed by atoms with van der Waals surface area (Å²) in [6, 6.07) is 4.60. The number of nitrogens with zero attached hydrogens (tertiary/aromatic N) is 1. The molecule has 0 saturated heterocycles. The van der Waals surface area contributed by atoms with Gasteiger partial charge in [-0.3, -0.25) is 4.72 Å². The highest BCUT2D eigenvalue weighted by atomic mass is 32.2. The Balaban J connectivity index is 3.11. The fraction of sp³-hybridized carbons (Fsp3) is 0.500. The molecule has 0 aliphatic carbocycles. The lowest BCUT2D eigenvalue weighted by molar-refractivity contribution is 0.0698. The second kappa shape index (κ2) is 7.42. The summed E-state index contributed by atoms with van der Waals surface area (Å²) in [5, 5.41) is 9.18. The fourth-order valence-corrected chi connectivity index (χ4v) is 3.41. The minimum atomic E-state index is -3.75. The first kappa shape index (κ1) is 17.5. The number of aromatic carboxylic acids is 1. The van der Waals surface area contributed by atoms with Crippen LogP contribution in [0.15, 0.2) is 18.2 Å². The zero-order chi connectivity index (χ0) is 16.0. The Labute approximate surface area is 126 Å². The number of carbonyl (C=O) groups is 1. The Bertz CT molecular complexity index is 593. The molecule has 0 heterocycles.